The van der Waals surface area contributed by atoms with E-state index in [2.05, 4.69) is 34.8 Å². The lowest BCUT2D eigenvalue weighted by atomic mass is 10.1. The molecular formula is C16H17BrClNO. The summed E-state index contributed by atoms with van der Waals surface area (Å²) >= 11 is 9.49. The summed E-state index contributed by atoms with van der Waals surface area (Å²) in [6.45, 7) is 2.20. The van der Waals surface area contributed by atoms with Crippen LogP contribution in [-0.4, -0.2) is 12.2 Å². The maximum atomic E-state index is 9.16. The number of nitrogens with zero attached hydrogens (tertiary/aromatic N) is 1. The highest BCUT2D eigenvalue weighted by Crippen LogP contribution is 2.32. The van der Waals surface area contributed by atoms with Crippen molar-refractivity contribution in [3.8, 4) is 0 Å². The lowest BCUT2D eigenvalue weighted by molar-refractivity contribution is 0.282. The van der Waals surface area contributed by atoms with E-state index in [0.717, 1.165) is 20.7 Å². The second kappa shape index (κ2) is 6.61. The normalized spacial score (nSPS) is 12.2. The molecule has 106 valence electrons. The van der Waals surface area contributed by atoms with Gasteiger partial charge < -0.3 is 10.0 Å². The van der Waals surface area contributed by atoms with E-state index in [1.165, 1.54) is 5.56 Å². The van der Waals surface area contributed by atoms with Gasteiger partial charge in [0.25, 0.3) is 0 Å². The van der Waals surface area contributed by atoms with Crippen LogP contribution in [0.1, 0.15) is 24.1 Å². The quantitative estimate of drug-likeness (QED) is 0.853. The van der Waals surface area contributed by atoms with Crippen LogP contribution in [0, 0.1) is 0 Å². The third-order valence-electron chi connectivity index (χ3n) is 3.51. The van der Waals surface area contributed by atoms with E-state index in [-0.39, 0.29) is 12.6 Å². The zero-order valence-corrected chi connectivity index (χ0v) is 13.8. The average Bonchev–Trinajstić information content (AvgIpc) is 2.46. The highest BCUT2D eigenvalue weighted by Gasteiger charge is 2.14. The molecule has 0 saturated carbocycles. The van der Waals surface area contributed by atoms with Crippen LogP contribution >= 0.6 is 27.5 Å². The Hall–Kier alpha value is -1.03. The minimum absolute atomic E-state index is 0.0509. The van der Waals surface area contributed by atoms with Crippen LogP contribution in [0.25, 0.3) is 0 Å². The first kappa shape index (κ1) is 15.4. The Labute approximate surface area is 133 Å². The average molecular weight is 355 g/mol. The molecule has 2 nitrogen and oxygen atoms in total. The summed E-state index contributed by atoms with van der Waals surface area (Å²) < 4.78 is 0.979. The van der Waals surface area contributed by atoms with E-state index in [1.54, 1.807) is 0 Å². The number of anilines is 1. The van der Waals surface area contributed by atoms with Gasteiger partial charge in [-0.15, -0.1) is 0 Å². The summed E-state index contributed by atoms with van der Waals surface area (Å²) in [6, 6.07) is 14.0. The Morgan fingerprint density at radius 2 is 1.85 bits per heavy atom. The summed E-state index contributed by atoms with van der Waals surface area (Å²) in [6.07, 6.45) is 0. The Bertz CT molecular complexity index is 586. The van der Waals surface area contributed by atoms with E-state index in [9.17, 15) is 0 Å². The van der Waals surface area contributed by atoms with Crippen LogP contribution in [0.5, 0.6) is 0 Å². The molecule has 1 unspecified atom stereocenters. The molecule has 4 heteroatoms. The number of aliphatic hydroxyl groups excluding tert-OH is 1. The van der Waals surface area contributed by atoms with Gasteiger partial charge in [0.2, 0.25) is 0 Å². The third-order valence-corrected chi connectivity index (χ3v) is 4.40. The number of rotatable bonds is 4. The molecular weight excluding hydrogens is 338 g/mol. The molecule has 0 radical (unpaired) electrons. The highest BCUT2D eigenvalue weighted by atomic mass is 79.9. The van der Waals surface area contributed by atoms with Crippen molar-refractivity contribution in [2.75, 3.05) is 11.9 Å². The molecule has 1 N–H and O–H groups in total. The van der Waals surface area contributed by atoms with Crippen molar-refractivity contribution in [2.45, 2.75) is 19.6 Å². The molecule has 0 fully saturated rings. The Kier molecular flexibility index (Phi) is 5.08. The number of aliphatic hydroxyl groups is 1. The minimum atomic E-state index is 0.0509. The van der Waals surface area contributed by atoms with Crippen LogP contribution in [0.2, 0.25) is 5.02 Å². The predicted octanol–water partition coefficient (Wildman–Crippen LogP) is 4.79. The molecule has 2 aromatic rings. The van der Waals surface area contributed by atoms with Crippen molar-refractivity contribution >= 4 is 33.2 Å². The second-order valence-electron chi connectivity index (χ2n) is 4.78. The van der Waals surface area contributed by atoms with Gasteiger partial charge in [-0.2, -0.15) is 0 Å². The Morgan fingerprint density at radius 1 is 1.20 bits per heavy atom. The van der Waals surface area contributed by atoms with E-state index in [4.69, 9.17) is 16.7 Å². The molecule has 0 aromatic heterocycles. The van der Waals surface area contributed by atoms with Gasteiger partial charge in [0, 0.05) is 16.5 Å². The molecule has 1 atom stereocenters. The lowest BCUT2D eigenvalue weighted by Gasteiger charge is -2.28. The molecule has 20 heavy (non-hydrogen) atoms. The van der Waals surface area contributed by atoms with Crippen molar-refractivity contribution in [3.05, 3.63) is 63.1 Å². The summed E-state index contributed by atoms with van der Waals surface area (Å²) in [5, 5.41) is 9.91. The zero-order chi connectivity index (χ0) is 14.7. The van der Waals surface area contributed by atoms with Crippen LogP contribution < -0.4 is 4.90 Å². The standard InChI is InChI=1S/C16H17BrClNO/c1-11(13-4-6-14(18)7-5-13)19(2)16-8-3-12(10-20)9-15(16)17/h3-9,11,20H,10H2,1-2H3. The van der Waals surface area contributed by atoms with Gasteiger partial charge in [-0.3, -0.25) is 0 Å². The lowest BCUT2D eigenvalue weighted by Crippen LogP contribution is -2.22. The molecule has 0 heterocycles. The molecule has 0 saturated heterocycles. The number of hydrogen-bond donors (Lipinski definition) is 1. The van der Waals surface area contributed by atoms with Crippen molar-refractivity contribution in [2.24, 2.45) is 0 Å². The van der Waals surface area contributed by atoms with Crippen molar-refractivity contribution in [1.82, 2.24) is 0 Å². The minimum Gasteiger partial charge on any atom is -0.392 e. The molecule has 0 aliphatic rings. The van der Waals surface area contributed by atoms with Crippen LogP contribution in [-0.2, 0) is 6.61 Å². The van der Waals surface area contributed by atoms with Crippen molar-refractivity contribution in [1.29, 1.82) is 0 Å². The van der Waals surface area contributed by atoms with E-state index >= 15 is 0 Å². The number of benzene rings is 2. The van der Waals surface area contributed by atoms with Gasteiger partial charge in [-0.25, -0.2) is 0 Å². The molecule has 0 bridgehead atoms. The largest absolute Gasteiger partial charge is 0.392 e. The van der Waals surface area contributed by atoms with Crippen molar-refractivity contribution < 1.29 is 5.11 Å². The molecule has 2 rings (SSSR count). The van der Waals surface area contributed by atoms with E-state index in [1.807, 2.05) is 42.5 Å². The summed E-state index contributed by atoms with van der Waals surface area (Å²) in [5.41, 5.74) is 3.19. The monoisotopic (exact) mass is 353 g/mol. The molecule has 2 aromatic carbocycles. The van der Waals surface area contributed by atoms with Crippen LogP contribution in [0.4, 0.5) is 5.69 Å². The van der Waals surface area contributed by atoms with E-state index < -0.39 is 0 Å². The summed E-state index contributed by atoms with van der Waals surface area (Å²) in [5.74, 6) is 0. The molecule has 0 spiro atoms. The van der Waals surface area contributed by atoms with Crippen LogP contribution in [0.3, 0.4) is 0 Å². The summed E-state index contributed by atoms with van der Waals surface area (Å²) in [7, 11) is 2.05. The van der Waals surface area contributed by atoms with Gasteiger partial charge in [0.05, 0.1) is 18.3 Å². The van der Waals surface area contributed by atoms with Gasteiger partial charge in [-0.1, -0.05) is 29.8 Å². The Morgan fingerprint density at radius 3 is 2.40 bits per heavy atom. The first-order valence-electron chi connectivity index (χ1n) is 6.40. The fraction of sp³-hybridized carbons (Fsp3) is 0.250. The van der Waals surface area contributed by atoms with Gasteiger partial charge >= 0.3 is 0 Å². The van der Waals surface area contributed by atoms with Crippen LogP contribution in [0.15, 0.2) is 46.9 Å². The van der Waals surface area contributed by atoms with Crippen molar-refractivity contribution in [3.63, 3.8) is 0 Å². The number of hydrogen-bond acceptors (Lipinski definition) is 2. The predicted molar refractivity (Wildman–Crippen MR) is 88.3 cm³/mol. The fourth-order valence-corrected chi connectivity index (χ4v) is 2.94. The highest BCUT2D eigenvalue weighted by molar-refractivity contribution is 9.10. The van der Waals surface area contributed by atoms with Gasteiger partial charge in [0.1, 0.15) is 0 Å². The molecule has 0 aliphatic carbocycles. The van der Waals surface area contributed by atoms with Gasteiger partial charge in [0.15, 0.2) is 0 Å². The number of halogens is 2. The third kappa shape index (κ3) is 3.35. The molecule has 0 amide bonds. The molecule has 0 aliphatic heterocycles. The smallest absolute Gasteiger partial charge is 0.0682 e. The second-order valence-corrected chi connectivity index (χ2v) is 6.07. The topological polar surface area (TPSA) is 23.5 Å². The zero-order valence-electron chi connectivity index (χ0n) is 11.5. The SMILES string of the molecule is CC(c1ccc(Cl)cc1)N(C)c1ccc(CO)cc1Br. The maximum absolute atomic E-state index is 9.16. The fourth-order valence-electron chi connectivity index (χ4n) is 2.11. The maximum Gasteiger partial charge on any atom is 0.0682 e. The first-order valence-corrected chi connectivity index (χ1v) is 7.57. The Balaban J connectivity index is 2.26. The first-order chi connectivity index (χ1) is 9.52. The van der Waals surface area contributed by atoms with E-state index in [0.29, 0.717) is 0 Å². The summed E-state index contributed by atoms with van der Waals surface area (Å²) in [4.78, 5) is 2.19. The van der Waals surface area contributed by atoms with Gasteiger partial charge in [-0.05, 0) is 58.2 Å².